The summed E-state index contributed by atoms with van der Waals surface area (Å²) < 4.78 is 0. The first-order valence-electron chi connectivity index (χ1n) is 9.19. The number of rotatable bonds is 2. The third-order valence-corrected chi connectivity index (χ3v) is 7.16. The Labute approximate surface area is 166 Å². The van der Waals surface area contributed by atoms with Crippen LogP contribution >= 0.6 is 36.2 Å². The van der Waals surface area contributed by atoms with Crippen LogP contribution in [0.1, 0.15) is 62.4 Å². The predicted octanol–water partition coefficient (Wildman–Crippen LogP) is 4.19. The van der Waals surface area contributed by atoms with Crippen molar-refractivity contribution in [2.45, 2.75) is 63.5 Å². The molecule has 2 heterocycles. The zero-order chi connectivity index (χ0) is 15.8. The Hall–Kier alpha value is -0.360. The summed E-state index contributed by atoms with van der Waals surface area (Å²) in [6, 6.07) is 0.551. The quantitative estimate of drug-likeness (QED) is 0.801. The summed E-state index contributed by atoms with van der Waals surface area (Å²) in [6.07, 6.45) is 11.0. The van der Waals surface area contributed by atoms with Gasteiger partial charge in [0.15, 0.2) is 0 Å². The molecule has 1 amide bonds. The second-order valence-electron chi connectivity index (χ2n) is 7.61. The van der Waals surface area contributed by atoms with E-state index in [9.17, 15) is 4.79 Å². The lowest BCUT2D eigenvalue weighted by atomic mass is 9.64. The topological polar surface area (TPSA) is 59.2 Å². The lowest BCUT2D eigenvalue weighted by molar-refractivity contribution is -0.142. The van der Waals surface area contributed by atoms with Gasteiger partial charge >= 0.3 is 0 Å². The minimum absolute atomic E-state index is 0. The van der Waals surface area contributed by atoms with Gasteiger partial charge in [-0.1, -0.05) is 6.42 Å². The second-order valence-corrected chi connectivity index (χ2v) is 8.54. The van der Waals surface area contributed by atoms with Crippen molar-refractivity contribution in [1.82, 2.24) is 9.88 Å². The SMILES string of the molecule is Cl.Cl.NC1C2CCCC1CC(C(=O)N1CCCCC1c1nccs1)C2. The van der Waals surface area contributed by atoms with E-state index in [1.807, 2.05) is 11.6 Å². The maximum Gasteiger partial charge on any atom is 0.226 e. The molecule has 2 aliphatic carbocycles. The van der Waals surface area contributed by atoms with Crippen LogP contribution in [0.2, 0.25) is 0 Å². The number of nitrogens with zero attached hydrogens (tertiary/aromatic N) is 2. The average Bonchev–Trinajstić information content (AvgIpc) is 3.08. The molecule has 142 valence electrons. The number of piperidine rings is 1. The number of aromatic nitrogens is 1. The Morgan fingerprint density at radius 2 is 1.84 bits per heavy atom. The van der Waals surface area contributed by atoms with Gasteiger partial charge in [0.1, 0.15) is 5.01 Å². The number of halogens is 2. The Morgan fingerprint density at radius 3 is 2.48 bits per heavy atom. The summed E-state index contributed by atoms with van der Waals surface area (Å²) in [7, 11) is 0. The van der Waals surface area contributed by atoms with Crippen molar-refractivity contribution in [2.75, 3.05) is 6.54 Å². The molecule has 1 aliphatic heterocycles. The van der Waals surface area contributed by atoms with E-state index in [1.54, 1.807) is 11.3 Å². The molecule has 2 saturated carbocycles. The highest BCUT2D eigenvalue weighted by atomic mass is 35.5. The summed E-state index contributed by atoms with van der Waals surface area (Å²) in [6.45, 7) is 0.904. The van der Waals surface area contributed by atoms with Gasteiger partial charge in [-0.25, -0.2) is 4.98 Å². The summed E-state index contributed by atoms with van der Waals surface area (Å²) in [5.41, 5.74) is 6.40. The molecule has 0 radical (unpaired) electrons. The molecule has 0 aromatic carbocycles. The van der Waals surface area contributed by atoms with Crippen LogP contribution in [0, 0.1) is 17.8 Å². The van der Waals surface area contributed by atoms with E-state index in [4.69, 9.17) is 5.73 Å². The smallest absolute Gasteiger partial charge is 0.226 e. The van der Waals surface area contributed by atoms with Crippen LogP contribution in [0.25, 0.3) is 0 Å². The van der Waals surface area contributed by atoms with Crippen LogP contribution in [0.4, 0.5) is 0 Å². The number of nitrogens with two attached hydrogens (primary N) is 1. The molecular weight excluding hydrogens is 377 g/mol. The maximum absolute atomic E-state index is 13.3. The molecule has 3 aliphatic rings. The Bertz CT molecular complexity index is 543. The Balaban J connectivity index is 0.00000113. The molecule has 0 spiro atoms. The van der Waals surface area contributed by atoms with Gasteiger partial charge in [-0.05, 0) is 56.8 Å². The molecular formula is C18H29Cl2N3OS. The van der Waals surface area contributed by atoms with Crippen LogP contribution in [0.5, 0.6) is 0 Å². The van der Waals surface area contributed by atoms with Crippen molar-refractivity contribution >= 4 is 42.1 Å². The highest BCUT2D eigenvalue weighted by Gasteiger charge is 2.43. The number of carbonyl (C=O) groups is 1. The predicted molar refractivity (Wildman–Crippen MR) is 106 cm³/mol. The third-order valence-electron chi connectivity index (χ3n) is 6.28. The fourth-order valence-corrected chi connectivity index (χ4v) is 5.86. The molecule has 1 aromatic heterocycles. The standard InChI is InChI=1S/C18H27N3OS.2ClH/c19-16-12-4-3-5-13(16)11-14(10-12)18(22)21-8-2-1-6-15(21)17-20-7-9-23-17;;/h7,9,12-16H,1-6,8,10-11,19H2;2*1H. The molecule has 4 rings (SSSR count). The van der Waals surface area contributed by atoms with Gasteiger partial charge in [0, 0.05) is 30.1 Å². The maximum atomic E-state index is 13.3. The summed E-state index contributed by atoms with van der Waals surface area (Å²) >= 11 is 1.69. The summed E-state index contributed by atoms with van der Waals surface area (Å²) in [5, 5.41) is 3.14. The zero-order valence-corrected chi connectivity index (χ0v) is 17.0. The fourth-order valence-electron chi connectivity index (χ4n) is 5.08. The van der Waals surface area contributed by atoms with E-state index in [2.05, 4.69) is 9.88 Å². The van der Waals surface area contributed by atoms with Gasteiger partial charge in [-0.2, -0.15) is 0 Å². The number of hydrogen-bond acceptors (Lipinski definition) is 4. The van der Waals surface area contributed by atoms with E-state index >= 15 is 0 Å². The van der Waals surface area contributed by atoms with Crippen molar-refractivity contribution in [3.05, 3.63) is 16.6 Å². The first kappa shape index (κ1) is 20.9. The fraction of sp³-hybridized carbons (Fsp3) is 0.778. The number of thiazole rings is 1. The minimum Gasteiger partial charge on any atom is -0.333 e. The Morgan fingerprint density at radius 1 is 1.12 bits per heavy atom. The summed E-state index contributed by atoms with van der Waals surface area (Å²) in [4.78, 5) is 19.9. The van der Waals surface area contributed by atoms with E-state index < -0.39 is 0 Å². The third kappa shape index (κ3) is 4.15. The first-order chi connectivity index (χ1) is 11.2. The zero-order valence-electron chi connectivity index (χ0n) is 14.5. The van der Waals surface area contributed by atoms with Crippen molar-refractivity contribution in [1.29, 1.82) is 0 Å². The van der Waals surface area contributed by atoms with Crippen molar-refractivity contribution in [3.63, 3.8) is 0 Å². The number of amides is 1. The summed E-state index contributed by atoms with van der Waals surface area (Å²) in [5.74, 6) is 1.72. The lowest BCUT2D eigenvalue weighted by Gasteiger charge is -2.45. The molecule has 1 aromatic rings. The van der Waals surface area contributed by atoms with Gasteiger partial charge in [-0.3, -0.25) is 4.79 Å². The van der Waals surface area contributed by atoms with E-state index in [1.165, 1.54) is 25.7 Å². The Kier molecular flexibility index (Phi) is 7.56. The molecule has 1 saturated heterocycles. The van der Waals surface area contributed by atoms with E-state index in [-0.39, 0.29) is 36.8 Å². The molecule has 25 heavy (non-hydrogen) atoms. The van der Waals surface area contributed by atoms with Crippen LogP contribution in [0.3, 0.4) is 0 Å². The lowest BCUT2D eigenvalue weighted by Crippen LogP contribution is -2.50. The van der Waals surface area contributed by atoms with Gasteiger partial charge < -0.3 is 10.6 Å². The molecule has 3 fully saturated rings. The highest BCUT2D eigenvalue weighted by Crippen LogP contribution is 2.44. The van der Waals surface area contributed by atoms with Crippen LogP contribution < -0.4 is 5.73 Å². The number of fused-ring (bicyclic) bond motifs is 2. The molecule has 4 nitrogen and oxygen atoms in total. The van der Waals surface area contributed by atoms with Gasteiger partial charge in [-0.15, -0.1) is 36.2 Å². The van der Waals surface area contributed by atoms with E-state index in [0.717, 1.165) is 37.2 Å². The van der Waals surface area contributed by atoms with Gasteiger partial charge in [0.2, 0.25) is 5.91 Å². The number of hydrogen-bond donors (Lipinski definition) is 1. The molecule has 3 atom stereocenters. The van der Waals surface area contributed by atoms with Crippen LogP contribution in [0.15, 0.2) is 11.6 Å². The van der Waals surface area contributed by atoms with E-state index in [0.29, 0.717) is 23.8 Å². The largest absolute Gasteiger partial charge is 0.333 e. The van der Waals surface area contributed by atoms with Crippen LogP contribution in [-0.2, 0) is 4.79 Å². The molecule has 2 N–H and O–H groups in total. The minimum atomic E-state index is 0. The van der Waals surface area contributed by atoms with Crippen molar-refractivity contribution < 1.29 is 4.79 Å². The number of likely N-dealkylation sites (tertiary alicyclic amines) is 1. The van der Waals surface area contributed by atoms with Crippen LogP contribution in [-0.4, -0.2) is 28.4 Å². The van der Waals surface area contributed by atoms with Crippen molar-refractivity contribution in [2.24, 2.45) is 23.5 Å². The molecule has 2 bridgehead atoms. The van der Waals surface area contributed by atoms with Crippen molar-refractivity contribution in [3.8, 4) is 0 Å². The first-order valence-corrected chi connectivity index (χ1v) is 10.1. The van der Waals surface area contributed by atoms with Gasteiger partial charge in [0.25, 0.3) is 0 Å². The normalized spacial score (nSPS) is 34.6. The highest BCUT2D eigenvalue weighted by molar-refractivity contribution is 7.09. The second kappa shape index (κ2) is 9.03. The average molecular weight is 406 g/mol. The number of carbonyl (C=O) groups excluding carboxylic acids is 1. The monoisotopic (exact) mass is 405 g/mol. The molecule has 7 heteroatoms. The van der Waals surface area contributed by atoms with Gasteiger partial charge in [0.05, 0.1) is 6.04 Å². The molecule has 3 unspecified atom stereocenters.